The number of nitrogens with zero attached hydrogens (tertiary/aromatic N) is 4. The lowest BCUT2D eigenvalue weighted by Gasteiger charge is -2.20. The van der Waals surface area contributed by atoms with Gasteiger partial charge in [-0.15, -0.1) is 5.10 Å². The van der Waals surface area contributed by atoms with Gasteiger partial charge < -0.3 is 14.9 Å². The Morgan fingerprint density at radius 1 is 1.21 bits per heavy atom. The molecule has 0 radical (unpaired) electrons. The number of aromatic amines is 1. The average molecular weight is 409 g/mol. The van der Waals surface area contributed by atoms with E-state index in [0.29, 0.717) is 11.6 Å². The molecule has 10 heteroatoms. The van der Waals surface area contributed by atoms with Crippen molar-refractivity contribution in [3.8, 4) is 11.3 Å². The third-order valence-electron chi connectivity index (χ3n) is 4.38. The van der Waals surface area contributed by atoms with Crippen LogP contribution in [0.15, 0.2) is 65.7 Å². The molecule has 4 aromatic rings. The number of fused-ring (bicyclic) bond motifs is 1. The number of benzene rings is 1. The molecular formula is C19H17N6O3S-. The fourth-order valence-corrected chi connectivity index (χ4v) is 3.23. The van der Waals surface area contributed by atoms with Crippen LogP contribution >= 0.6 is 0 Å². The summed E-state index contributed by atoms with van der Waals surface area (Å²) in [5.41, 5.74) is 3.79. The van der Waals surface area contributed by atoms with Crippen molar-refractivity contribution < 1.29 is 8.76 Å². The molecule has 3 heterocycles. The molecule has 1 atom stereocenters. The zero-order valence-electron chi connectivity index (χ0n) is 15.4. The first-order valence-electron chi connectivity index (χ1n) is 8.70. The summed E-state index contributed by atoms with van der Waals surface area (Å²) in [6.07, 6.45) is 3.23. The molecule has 1 aromatic carbocycles. The predicted octanol–water partition coefficient (Wildman–Crippen LogP) is 2.05. The molecule has 3 aromatic heterocycles. The van der Waals surface area contributed by atoms with Crippen LogP contribution in [0.1, 0.15) is 5.56 Å². The van der Waals surface area contributed by atoms with Crippen LogP contribution in [0.5, 0.6) is 0 Å². The molecule has 9 nitrogen and oxygen atoms in total. The van der Waals surface area contributed by atoms with Gasteiger partial charge in [0.1, 0.15) is 0 Å². The Morgan fingerprint density at radius 3 is 2.79 bits per heavy atom. The molecule has 0 spiro atoms. The molecule has 148 valence electrons. The number of rotatable bonds is 6. The van der Waals surface area contributed by atoms with Gasteiger partial charge >= 0.3 is 0 Å². The summed E-state index contributed by atoms with van der Waals surface area (Å²) in [6.45, 7) is 0.243. The first-order chi connectivity index (χ1) is 14.0. The number of hydrogen-bond acceptors (Lipinski definition) is 6. The van der Waals surface area contributed by atoms with E-state index in [-0.39, 0.29) is 12.1 Å². The van der Waals surface area contributed by atoms with Crippen molar-refractivity contribution in [2.45, 2.75) is 6.54 Å². The van der Waals surface area contributed by atoms with Crippen LogP contribution in [0, 0.1) is 0 Å². The van der Waals surface area contributed by atoms with Gasteiger partial charge in [0.2, 0.25) is 11.5 Å². The SMILES string of the molecule is CN(Cc1ccccc1-c1ccc2cnc(Nc3ccc(=O)[nH]c3)nn12)S(=O)[O-]. The Hall–Kier alpha value is -3.34. The van der Waals surface area contributed by atoms with E-state index in [2.05, 4.69) is 20.4 Å². The molecular weight excluding hydrogens is 392 g/mol. The zero-order chi connectivity index (χ0) is 20.4. The Kier molecular flexibility index (Phi) is 5.21. The summed E-state index contributed by atoms with van der Waals surface area (Å²) in [7, 11) is 1.52. The van der Waals surface area contributed by atoms with E-state index in [1.54, 1.807) is 23.0 Å². The number of nitrogens with one attached hydrogen (secondary N) is 2. The maximum Gasteiger partial charge on any atom is 0.248 e. The lowest BCUT2D eigenvalue weighted by Crippen LogP contribution is -2.20. The van der Waals surface area contributed by atoms with Gasteiger partial charge in [-0.3, -0.25) is 9.00 Å². The summed E-state index contributed by atoms with van der Waals surface area (Å²) in [6, 6.07) is 14.4. The molecule has 0 amide bonds. The van der Waals surface area contributed by atoms with Crippen molar-refractivity contribution >= 4 is 28.4 Å². The normalized spacial score (nSPS) is 12.4. The lowest BCUT2D eigenvalue weighted by atomic mass is 10.0. The van der Waals surface area contributed by atoms with Gasteiger partial charge in [0.05, 0.1) is 23.1 Å². The number of hydrogen-bond donors (Lipinski definition) is 2. The van der Waals surface area contributed by atoms with Crippen molar-refractivity contribution in [3.63, 3.8) is 0 Å². The molecule has 2 N–H and O–H groups in total. The van der Waals surface area contributed by atoms with Crippen molar-refractivity contribution in [2.75, 3.05) is 12.4 Å². The summed E-state index contributed by atoms with van der Waals surface area (Å²) in [5.74, 6) is 0.359. The van der Waals surface area contributed by atoms with E-state index in [9.17, 15) is 13.6 Å². The maximum absolute atomic E-state index is 11.2. The van der Waals surface area contributed by atoms with Crippen LogP contribution in [0.3, 0.4) is 0 Å². The summed E-state index contributed by atoms with van der Waals surface area (Å²) in [4.78, 5) is 18.1. The standard InChI is InChI=1S/C19H18N6O3S/c1-24(29(27)28)12-13-4-2-3-5-16(13)17-8-7-15-11-21-19(23-25(15)17)22-14-6-9-18(26)20-10-14/h2-11H,12H2,1H3,(H,20,26)(H,22,23)(H,27,28)/p-1. The second kappa shape index (κ2) is 7.95. The van der Waals surface area contributed by atoms with Gasteiger partial charge in [-0.2, -0.15) is 0 Å². The number of anilines is 2. The third kappa shape index (κ3) is 4.09. The monoisotopic (exact) mass is 409 g/mol. The largest absolute Gasteiger partial charge is 0.760 e. The average Bonchev–Trinajstić information content (AvgIpc) is 3.13. The molecule has 0 saturated carbocycles. The minimum absolute atomic E-state index is 0.194. The van der Waals surface area contributed by atoms with Crippen molar-refractivity contribution in [3.05, 3.63) is 76.8 Å². The second-order valence-corrected chi connectivity index (χ2v) is 7.42. The molecule has 0 aliphatic carbocycles. The highest BCUT2D eigenvalue weighted by Gasteiger charge is 2.13. The summed E-state index contributed by atoms with van der Waals surface area (Å²) >= 11 is -2.31. The van der Waals surface area contributed by atoms with E-state index in [1.807, 2.05) is 36.4 Å². The minimum atomic E-state index is -2.31. The van der Waals surface area contributed by atoms with Crippen LogP contribution < -0.4 is 10.9 Å². The van der Waals surface area contributed by atoms with Crippen molar-refractivity contribution in [1.82, 2.24) is 23.9 Å². The molecule has 0 bridgehead atoms. The van der Waals surface area contributed by atoms with E-state index in [4.69, 9.17) is 0 Å². The Morgan fingerprint density at radius 2 is 2.03 bits per heavy atom. The van der Waals surface area contributed by atoms with Gasteiger partial charge in [0.25, 0.3) is 0 Å². The summed E-state index contributed by atoms with van der Waals surface area (Å²) in [5, 5.41) is 7.60. The number of H-pyrrole nitrogens is 1. The van der Waals surface area contributed by atoms with Crippen LogP contribution in [0.4, 0.5) is 11.6 Å². The minimum Gasteiger partial charge on any atom is -0.760 e. The van der Waals surface area contributed by atoms with Crippen molar-refractivity contribution in [1.29, 1.82) is 0 Å². The molecule has 0 fully saturated rings. The van der Waals surface area contributed by atoms with E-state index >= 15 is 0 Å². The van der Waals surface area contributed by atoms with Gasteiger partial charge in [-0.05, 0) is 30.8 Å². The lowest BCUT2D eigenvalue weighted by molar-refractivity contribution is 0.431. The van der Waals surface area contributed by atoms with E-state index in [1.165, 1.54) is 17.4 Å². The number of pyridine rings is 1. The Bertz CT molecular complexity index is 1230. The molecule has 1 unspecified atom stereocenters. The highest BCUT2D eigenvalue weighted by molar-refractivity contribution is 7.76. The fourth-order valence-electron chi connectivity index (χ4n) is 2.98. The van der Waals surface area contributed by atoms with Crippen LogP contribution in [0.25, 0.3) is 16.8 Å². The highest BCUT2D eigenvalue weighted by Crippen LogP contribution is 2.27. The Balaban J connectivity index is 1.73. The quantitative estimate of drug-likeness (QED) is 0.471. The first kappa shape index (κ1) is 19.0. The molecule has 29 heavy (non-hydrogen) atoms. The fraction of sp³-hybridized carbons (Fsp3) is 0.105. The molecule has 0 aliphatic heterocycles. The van der Waals surface area contributed by atoms with E-state index < -0.39 is 11.3 Å². The topological polar surface area (TPSA) is 118 Å². The predicted molar refractivity (Wildman–Crippen MR) is 109 cm³/mol. The van der Waals surface area contributed by atoms with Gasteiger partial charge in [0, 0.05) is 35.6 Å². The molecule has 4 rings (SSSR count). The second-order valence-electron chi connectivity index (χ2n) is 6.36. The van der Waals surface area contributed by atoms with Crippen LogP contribution in [0.2, 0.25) is 0 Å². The van der Waals surface area contributed by atoms with Gasteiger partial charge in [0.15, 0.2) is 0 Å². The van der Waals surface area contributed by atoms with Crippen LogP contribution in [-0.2, 0) is 17.8 Å². The van der Waals surface area contributed by atoms with Crippen molar-refractivity contribution in [2.24, 2.45) is 0 Å². The summed E-state index contributed by atoms with van der Waals surface area (Å²) < 4.78 is 25.4. The third-order valence-corrected chi connectivity index (χ3v) is 5.02. The zero-order valence-corrected chi connectivity index (χ0v) is 16.2. The highest BCUT2D eigenvalue weighted by atomic mass is 32.2. The van der Waals surface area contributed by atoms with Crippen LogP contribution in [-0.4, -0.2) is 39.7 Å². The molecule has 0 saturated heterocycles. The first-order valence-corrected chi connectivity index (χ1v) is 9.74. The number of aromatic nitrogens is 4. The van der Waals surface area contributed by atoms with E-state index in [0.717, 1.165) is 22.3 Å². The maximum atomic E-state index is 11.2. The molecule has 0 aliphatic rings. The van der Waals surface area contributed by atoms with Gasteiger partial charge in [-0.25, -0.2) is 13.8 Å². The van der Waals surface area contributed by atoms with Gasteiger partial charge in [-0.1, -0.05) is 24.3 Å². The Labute approximate surface area is 168 Å². The smallest absolute Gasteiger partial charge is 0.248 e.